The molecule has 0 spiro atoms. The van der Waals surface area contributed by atoms with E-state index >= 15 is 0 Å². The zero-order valence-corrected chi connectivity index (χ0v) is 20.5. The molecular weight excluding hydrogens is 430 g/mol. The number of carbonyl (C=O) groups is 3. The number of benzene rings is 2. The van der Waals surface area contributed by atoms with Crippen LogP contribution in [0.5, 0.6) is 5.75 Å². The number of amides is 3. The topological polar surface area (TPSA) is 79.0 Å². The first-order chi connectivity index (χ1) is 16.4. The van der Waals surface area contributed by atoms with Crippen molar-refractivity contribution in [2.75, 3.05) is 33.3 Å². The van der Waals surface area contributed by atoms with Gasteiger partial charge in [0, 0.05) is 37.3 Å². The number of likely N-dealkylation sites (tertiary alicyclic amines) is 1. The number of hydrogen-bond acceptors (Lipinski definition) is 4. The molecule has 0 aliphatic carbocycles. The maximum absolute atomic E-state index is 13.4. The molecule has 0 radical (unpaired) electrons. The monoisotopic (exact) mass is 465 g/mol. The highest BCUT2D eigenvalue weighted by Gasteiger charge is 2.36. The highest BCUT2D eigenvalue weighted by atomic mass is 16.5. The fraction of sp³-hybridized carbons (Fsp3) is 0.444. The molecular formula is C27H35N3O4. The maximum Gasteiger partial charge on any atom is 0.254 e. The van der Waals surface area contributed by atoms with E-state index in [4.69, 9.17) is 4.74 Å². The number of likely N-dealkylation sites (N-methyl/N-ethyl adjacent to an activating group) is 1. The maximum atomic E-state index is 13.4. The van der Waals surface area contributed by atoms with Crippen molar-refractivity contribution in [3.05, 3.63) is 65.2 Å². The Morgan fingerprint density at radius 1 is 1.03 bits per heavy atom. The summed E-state index contributed by atoms with van der Waals surface area (Å²) in [6.07, 6.45) is 1.30. The van der Waals surface area contributed by atoms with Crippen LogP contribution in [0, 0.1) is 12.8 Å². The second-order valence-corrected chi connectivity index (χ2v) is 8.63. The summed E-state index contributed by atoms with van der Waals surface area (Å²) in [4.78, 5) is 43.0. The van der Waals surface area contributed by atoms with Crippen molar-refractivity contribution < 1.29 is 19.1 Å². The quantitative estimate of drug-likeness (QED) is 0.647. The summed E-state index contributed by atoms with van der Waals surface area (Å²) in [5.41, 5.74) is 2.14. The van der Waals surface area contributed by atoms with E-state index in [0.717, 1.165) is 5.56 Å². The summed E-state index contributed by atoms with van der Waals surface area (Å²) in [5, 5.41) is 3.00. The van der Waals surface area contributed by atoms with Crippen LogP contribution in [0.3, 0.4) is 0 Å². The van der Waals surface area contributed by atoms with Gasteiger partial charge >= 0.3 is 0 Å². The molecule has 0 aromatic heterocycles. The fourth-order valence-electron chi connectivity index (χ4n) is 4.50. The van der Waals surface area contributed by atoms with Crippen LogP contribution >= 0.6 is 0 Å². The van der Waals surface area contributed by atoms with E-state index in [2.05, 4.69) is 5.32 Å². The molecule has 3 amide bonds. The van der Waals surface area contributed by atoms with Gasteiger partial charge in [-0.1, -0.05) is 18.2 Å². The van der Waals surface area contributed by atoms with E-state index in [1.165, 1.54) is 0 Å². The van der Waals surface area contributed by atoms with Crippen molar-refractivity contribution in [2.45, 2.75) is 39.7 Å². The number of rotatable bonds is 8. The Hall–Kier alpha value is -3.35. The van der Waals surface area contributed by atoms with Gasteiger partial charge in [-0.05, 0) is 75.4 Å². The van der Waals surface area contributed by atoms with E-state index < -0.39 is 6.04 Å². The zero-order chi connectivity index (χ0) is 24.7. The number of carbonyl (C=O) groups excluding carboxylic acids is 3. The summed E-state index contributed by atoms with van der Waals surface area (Å²) in [6, 6.07) is 13.8. The summed E-state index contributed by atoms with van der Waals surface area (Å²) >= 11 is 0. The van der Waals surface area contributed by atoms with E-state index in [0.29, 0.717) is 55.9 Å². The average Bonchev–Trinajstić information content (AvgIpc) is 2.88. The van der Waals surface area contributed by atoms with Crippen LogP contribution in [0.1, 0.15) is 53.0 Å². The molecule has 1 heterocycles. The second-order valence-electron chi connectivity index (χ2n) is 8.63. The van der Waals surface area contributed by atoms with Gasteiger partial charge in [0.2, 0.25) is 5.91 Å². The number of nitrogens with zero attached hydrogens (tertiary/aromatic N) is 2. The largest absolute Gasteiger partial charge is 0.497 e. The Kier molecular flexibility index (Phi) is 8.68. The number of hydrogen-bond donors (Lipinski definition) is 1. The van der Waals surface area contributed by atoms with Gasteiger partial charge in [-0.2, -0.15) is 0 Å². The van der Waals surface area contributed by atoms with Crippen LogP contribution < -0.4 is 10.1 Å². The summed E-state index contributed by atoms with van der Waals surface area (Å²) in [7, 11) is 1.57. The van der Waals surface area contributed by atoms with E-state index in [1.807, 2.05) is 49.9 Å². The lowest BCUT2D eigenvalue weighted by atomic mass is 9.87. The Bertz CT molecular complexity index is 993. The minimum atomic E-state index is -0.634. The van der Waals surface area contributed by atoms with Crippen molar-refractivity contribution >= 4 is 17.7 Å². The second kappa shape index (κ2) is 11.7. The number of piperidine rings is 1. The highest BCUT2D eigenvalue weighted by Crippen LogP contribution is 2.25. The number of nitrogens with one attached hydrogen (secondary N) is 1. The van der Waals surface area contributed by atoms with Crippen LogP contribution in [0.2, 0.25) is 0 Å². The molecule has 1 unspecified atom stereocenters. The molecule has 0 bridgehead atoms. The number of aryl methyl sites for hydroxylation is 1. The lowest BCUT2D eigenvalue weighted by Crippen LogP contribution is -2.54. The first-order valence-electron chi connectivity index (χ1n) is 12.0. The molecule has 1 N–H and O–H groups in total. The highest BCUT2D eigenvalue weighted by molar-refractivity contribution is 5.98. The van der Waals surface area contributed by atoms with Crippen molar-refractivity contribution in [1.82, 2.24) is 15.1 Å². The summed E-state index contributed by atoms with van der Waals surface area (Å²) < 4.78 is 5.17. The van der Waals surface area contributed by atoms with Crippen LogP contribution in [-0.4, -0.2) is 66.9 Å². The van der Waals surface area contributed by atoms with Gasteiger partial charge in [-0.3, -0.25) is 14.4 Å². The van der Waals surface area contributed by atoms with Crippen molar-refractivity contribution in [3.63, 3.8) is 0 Å². The molecule has 1 fully saturated rings. The minimum Gasteiger partial charge on any atom is -0.497 e. The molecule has 1 aliphatic rings. The van der Waals surface area contributed by atoms with Gasteiger partial charge in [0.05, 0.1) is 7.11 Å². The van der Waals surface area contributed by atoms with Gasteiger partial charge in [0.1, 0.15) is 11.8 Å². The molecule has 0 saturated carbocycles. The molecule has 1 aliphatic heterocycles. The van der Waals surface area contributed by atoms with Crippen molar-refractivity contribution in [3.8, 4) is 5.75 Å². The molecule has 2 aromatic carbocycles. The Balaban J connectivity index is 1.73. The minimum absolute atomic E-state index is 0.0189. The molecule has 7 nitrogen and oxygen atoms in total. The van der Waals surface area contributed by atoms with Crippen molar-refractivity contribution in [2.24, 2.45) is 5.92 Å². The van der Waals surface area contributed by atoms with E-state index in [9.17, 15) is 14.4 Å². The predicted molar refractivity (Wildman–Crippen MR) is 132 cm³/mol. The Labute approximate surface area is 202 Å². The van der Waals surface area contributed by atoms with E-state index in [1.54, 1.807) is 36.3 Å². The number of ether oxygens (including phenoxy) is 1. The Morgan fingerprint density at radius 3 is 2.21 bits per heavy atom. The van der Waals surface area contributed by atoms with Crippen LogP contribution in [0.4, 0.5) is 0 Å². The standard InChI is InChI=1S/C27H35N3O4/c1-5-29(6-2)27(33)24(28-25(31)21-11-13-22(34-4)14-12-21)20-15-17-30(18-16-20)26(32)23-10-8-7-9-19(23)3/h7-14,20,24H,5-6,15-18H2,1-4H3,(H,28,31). The summed E-state index contributed by atoms with van der Waals surface area (Å²) in [6.45, 7) is 8.08. The molecule has 1 saturated heterocycles. The Morgan fingerprint density at radius 2 is 1.65 bits per heavy atom. The number of methoxy groups -OCH3 is 1. The third-order valence-corrected chi connectivity index (χ3v) is 6.65. The van der Waals surface area contributed by atoms with Crippen LogP contribution in [0.25, 0.3) is 0 Å². The third kappa shape index (κ3) is 5.76. The average molecular weight is 466 g/mol. The molecule has 34 heavy (non-hydrogen) atoms. The van der Waals surface area contributed by atoms with Crippen LogP contribution in [-0.2, 0) is 4.79 Å². The summed E-state index contributed by atoms with van der Waals surface area (Å²) in [5.74, 6) is 0.279. The molecule has 3 rings (SSSR count). The SMILES string of the molecule is CCN(CC)C(=O)C(NC(=O)c1ccc(OC)cc1)C1CCN(C(=O)c2ccccc2C)CC1. The molecule has 1 atom stereocenters. The van der Waals surface area contributed by atoms with Gasteiger partial charge in [0.15, 0.2) is 0 Å². The van der Waals surface area contributed by atoms with Gasteiger partial charge in [-0.25, -0.2) is 0 Å². The molecule has 182 valence electrons. The van der Waals surface area contributed by atoms with E-state index in [-0.39, 0.29) is 23.6 Å². The normalized spacial score (nSPS) is 14.9. The molecule has 7 heteroatoms. The predicted octanol–water partition coefficient (Wildman–Crippen LogP) is 3.52. The lowest BCUT2D eigenvalue weighted by Gasteiger charge is -2.37. The van der Waals surface area contributed by atoms with Crippen LogP contribution in [0.15, 0.2) is 48.5 Å². The first kappa shape index (κ1) is 25.3. The first-order valence-corrected chi connectivity index (χ1v) is 12.0. The zero-order valence-electron chi connectivity index (χ0n) is 20.5. The smallest absolute Gasteiger partial charge is 0.254 e. The van der Waals surface area contributed by atoms with Gasteiger partial charge in [-0.15, -0.1) is 0 Å². The van der Waals surface area contributed by atoms with Gasteiger partial charge in [0.25, 0.3) is 11.8 Å². The van der Waals surface area contributed by atoms with Gasteiger partial charge < -0.3 is 19.9 Å². The fourth-order valence-corrected chi connectivity index (χ4v) is 4.50. The molecule has 2 aromatic rings. The lowest BCUT2D eigenvalue weighted by molar-refractivity contribution is -0.134. The van der Waals surface area contributed by atoms with Crippen molar-refractivity contribution in [1.29, 1.82) is 0 Å². The third-order valence-electron chi connectivity index (χ3n) is 6.65.